The molecule has 0 bridgehead atoms. The zero-order chi connectivity index (χ0) is 16.1. The maximum absolute atomic E-state index is 11.9. The van der Waals surface area contributed by atoms with Crippen molar-refractivity contribution in [1.82, 2.24) is 5.32 Å². The van der Waals surface area contributed by atoms with Crippen molar-refractivity contribution >= 4 is 17.4 Å². The topological polar surface area (TPSA) is 44.4 Å². The zero-order valence-electron chi connectivity index (χ0n) is 13.5. The Morgan fingerprint density at radius 3 is 2.52 bits per heavy atom. The summed E-state index contributed by atoms with van der Waals surface area (Å²) in [6, 6.07) is 16.0. The van der Waals surface area contributed by atoms with Gasteiger partial charge in [-0.1, -0.05) is 24.3 Å². The zero-order valence-corrected chi connectivity index (χ0v) is 13.5. The van der Waals surface area contributed by atoms with Crippen LogP contribution in [0.25, 0.3) is 0 Å². The van der Waals surface area contributed by atoms with Gasteiger partial charge >= 0.3 is 6.03 Å². The third-order valence-corrected chi connectivity index (χ3v) is 4.14. The van der Waals surface area contributed by atoms with Crippen LogP contribution in [0.3, 0.4) is 0 Å². The predicted molar refractivity (Wildman–Crippen MR) is 94.9 cm³/mol. The molecule has 4 heteroatoms. The van der Waals surface area contributed by atoms with E-state index in [1.54, 1.807) is 0 Å². The molecule has 3 rings (SSSR count). The summed E-state index contributed by atoms with van der Waals surface area (Å²) in [6.45, 7) is 4.83. The minimum absolute atomic E-state index is 0.181. The largest absolute Gasteiger partial charge is 0.372 e. The van der Waals surface area contributed by atoms with Crippen molar-refractivity contribution in [3.8, 4) is 0 Å². The van der Waals surface area contributed by atoms with Gasteiger partial charge in [-0.15, -0.1) is 0 Å². The molecule has 1 saturated heterocycles. The molecule has 0 aliphatic carbocycles. The highest BCUT2D eigenvalue weighted by atomic mass is 16.2. The molecule has 0 unspecified atom stereocenters. The second kappa shape index (κ2) is 7.18. The maximum Gasteiger partial charge on any atom is 0.319 e. The lowest BCUT2D eigenvalue weighted by Crippen LogP contribution is -2.28. The highest BCUT2D eigenvalue weighted by molar-refractivity contribution is 5.89. The van der Waals surface area contributed by atoms with Crippen LogP contribution in [0.2, 0.25) is 0 Å². The molecular formula is C19H23N3O. The van der Waals surface area contributed by atoms with Crippen LogP contribution in [-0.4, -0.2) is 19.1 Å². The minimum atomic E-state index is -0.181. The van der Waals surface area contributed by atoms with Gasteiger partial charge in [0.1, 0.15) is 0 Å². The van der Waals surface area contributed by atoms with Crippen molar-refractivity contribution in [1.29, 1.82) is 0 Å². The van der Waals surface area contributed by atoms with Crippen molar-refractivity contribution in [2.75, 3.05) is 23.3 Å². The molecule has 1 aliphatic rings. The fraction of sp³-hybridized carbons (Fsp3) is 0.316. The van der Waals surface area contributed by atoms with Gasteiger partial charge in [0.25, 0.3) is 0 Å². The normalized spacial score (nSPS) is 13.9. The summed E-state index contributed by atoms with van der Waals surface area (Å²) < 4.78 is 0. The average Bonchev–Trinajstić information content (AvgIpc) is 3.08. The van der Waals surface area contributed by atoms with E-state index in [-0.39, 0.29) is 6.03 Å². The molecule has 4 nitrogen and oxygen atoms in total. The highest BCUT2D eigenvalue weighted by Crippen LogP contribution is 2.20. The molecule has 1 aliphatic heterocycles. The number of urea groups is 1. The summed E-state index contributed by atoms with van der Waals surface area (Å²) in [6.07, 6.45) is 2.56. The first-order chi connectivity index (χ1) is 11.2. The Morgan fingerprint density at radius 1 is 1.09 bits per heavy atom. The van der Waals surface area contributed by atoms with Crippen molar-refractivity contribution in [3.05, 3.63) is 59.7 Å². The van der Waals surface area contributed by atoms with E-state index in [1.165, 1.54) is 18.5 Å². The first-order valence-corrected chi connectivity index (χ1v) is 8.16. The van der Waals surface area contributed by atoms with Crippen molar-refractivity contribution in [2.24, 2.45) is 0 Å². The number of benzene rings is 2. The second-order valence-electron chi connectivity index (χ2n) is 6.04. The van der Waals surface area contributed by atoms with Crippen LogP contribution in [0.15, 0.2) is 48.5 Å². The Kier molecular flexibility index (Phi) is 4.81. The summed E-state index contributed by atoms with van der Waals surface area (Å²) in [5, 5.41) is 5.74. The van der Waals surface area contributed by atoms with Gasteiger partial charge in [0.2, 0.25) is 0 Å². The number of aryl methyl sites for hydroxylation is 1. The van der Waals surface area contributed by atoms with Gasteiger partial charge in [-0.2, -0.15) is 0 Å². The molecule has 23 heavy (non-hydrogen) atoms. The minimum Gasteiger partial charge on any atom is -0.372 e. The van der Waals surface area contributed by atoms with E-state index in [0.717, 1.165) is 29.9 Å². The number of anilines is 2. The summed E-state index contributed by atoms with van der Waals surface area (Å²) in [4.78, 5) is 14.3. The molecule has 0 saturated carbocycles. The number of nitrogens with one attached hydrogen (secondary N) is 2. The molecule has 0 atom stereocenters. The van der Waals surface area contributed by atoms with Crippen LogP contribution in [0.1, 0.15) is 24.0 Å². The third kappa shape index (κ3) is 4.25. The van der Waals surface area contributed by atoms with E-state index in [1.807, 2.05) is 31.2 Å². The first kappa shape index (κ1) is 15.4. The smallest absolute Gasteiger partial charge is 0.319 e. The van der Waals surface area contributed by atoms with Gasteiger partial charge in [0.05, 0.1) is 0 Å². The number of hydrogen-bond acceptors (Lipinski definition) is 2. The molecular weight excluding hydrogens is 286 g/mol. The van der Waals surface area contributed by atoms with Crippen LogP contribution in [0, 0.1) is 6.92 Å². The molecule has 2 aromatic carbocycles. The highest BCUT2D eigenvalue weighted by Gasteiger charge is 2.11. The van der Waals surface area contributed by atoms with Gasteiger partial charge in [-0.05, 0) is 55.2 Å². The second-order valence-corrected chi connectivity index (χ2v) is 6.04. The fourth-order valence-corrected chi connectivity index (χ4v) is 2.88. The Morgan fingerprint density at radius 2 is 1.83 bits per heavy atom. The van der Waals surface area contributed by atoms with Crippen molar-refractivity contribution in [2.45, 2.75) is 26.3 Å². The quantitative estimate of drug-likeness (QED) is 0.899. The number of hydrogen-bond donors (Lipinski definition) is 2. The first-order valence-electron chi connectivity index (χ1n) is 8.16. The molecule has 2 N–H and O–H groups in total. The number of carbonyl (C=O) groups excluding carboxylic acids is 1. The van der Waals surface area contributed by atoms with E-state index in [9.17, 15) is 4.79 Å². The van der Waals surface area contributed by atoms with E-state index in [2.05, 4.69) is 39.8 Å². The molecule has 0 radical (unpaired) electrons. The lowest BCUT2D eigenvalue weighted by atomic mass is 10.2. The van der Waals surface area contributed by atoms with Gasteiger partial charge in [0.15, 0.2) is 0 Å². The van der Waals surface area contributed by atoms with Crippen LogP contribution in [0.4, 0.5) is 16.2 Å². The summed E-state index contributed by atoms with van der Waals surface area (Å²) in [5.74, 6) is 0. The Hall–Kier alpha value is -2.49. The monoisotopic (exact) mass is 309 g/mol. The summed E-state index contributed by atoms with van der Waals surface area (Å²) in [7, 11) is 0. The number of amides is 2. The molecule has 120 valence electrons. The molecule has 2 amide bonds. The van der Waals surface area contributed by atoms with E-state index in [0.29, 0.717) is 6.54 Å². The van der Waals surface area contributed by atoms with Crippen LogP contribution in [-0.2, 0) is 6.54 Å². The van der Waals surface area contributed by atoms with Crippen LogP contribution < -0.4 is 15.5 Å². The predicted octanol–water partition coefficient (Wildman–Crippen LogP) is 3.92. The maximum atomic E-state index is 11.9. The lowest BCUT2D eigenvalue weighted by Gasteiger charge is -2.17. The fourth-order valence-electron chi connectivity index (χ4n) is 2.88. The van der Waals surface area contributed by atoms with Crippen LogP contribution in [0.5, 0.6) is 0 Å². The lowest BCUT2D eigenvalue weighted by molar-refractivity contribution is 0.251. The summed E-state index contributed by atoms with van der Waals surface area (Å²) in [5.41, 5.74) is 4.31. The van der Waals surface area contributed by atoms with Gasteiger partial charge in [-0.3, -0.25) is 0 Å². The SMILES string of the molecule is Cc1cccc(NC(=O)NCc2ccc(N3CCCC3)cc2)c1. The van der Waals surface area contributed by atoms with Crippen molar-refractivity contribution in [3.63, 3.8) is 0 Å². The van der Waals surface area contributed by atoms with Gasteiger partial charge in [-0.25, -0.2) is 4.79 Å². The molecule has 1 fully saturated rings. The number of rotatable bonds is 4. The molecule has 2 aromatic rings. The standard InChI is InChI=1S/C19H23N3O/c1-15-5-4-6-17(13-15)21-19(23)20-14-16-7-9-18(10-8-16)22-11-2-3-12-22/h4-10,13H,2-3,11-12,14H2,1H3,(H2,20,21,23). The Labute approximate surface area is 137 Å². The average molecular weight is 309 g/mol. The number of carbonyl (C=O) groups is 1. The van der Waals surface area contributed by atoms with Crippen molar-refractivity contribution < 1.29 is 4.79 Å². The number of nitrogens with zero attached hydrogens (tertiary/aromatic N) is 1. The van der Waals surface area contributed by atoms with E-state index < -0.39 is 0 Å². The van der Waals surface area contributed by atoms with Gasteiger partial charge < -0.3 is 15.5 Å². The molecule has 0 spiro atoms. The molecule has 0 aromatic heterocycles. The Bertz CT molecular complexity index is 661. The van der Waals surface area contributed by atoms with Gasteiger partial charge in [0, 0.05) is 31.0 Å². The van der Waals surface area contributed by atoms with E-state index in [4.69, 9.17) is 0 Å². The Balaban J connectivity index is 1.50. The summed E-state index contributed by atoms with van der Waals surface area (Å²) >= 11 is 0. The third-order valence-electron chi connectivity index (χ3n) is 4.14. The molecule has 1 heterocycles. The van der Waals surface area contributed by atoms with Crippen LogP contribution >= 0.6 is 0 Å². The van der Waals surface area contributed by atoms with E-state index >= 15 is 0 Å².